The second kappa shape index (κ2) is 12.3. The number of nitrogens with zero attached hydrogens (tertiary/aromatic N) is 5. The van der Waals surface area contributed by atoms with E-state index >= 15 is 0 Å². The van der Waals surface area contributed by atoms with Crippen molar-refractivity contribution in [2.45, 2.75) is 25.2 Å². The van der Waals surface area contributed by atoms with Crippen LogP contribution in [0.1, 0.15) is 28.2 Å². The molecule has 1 aliphatic rings. The van der Waals surface area contributed by atoms with Gasteiger partial charge in [0.05, 0.1) is 11.3 Å². The van der Waals surface area contributed by atoms with Crippen LogP contribution < -0.4 is 11.1 Å². The molecular weight excluding hydrogens is 551 g/mol. The van der Waals surface area contributed by atoms with Gasteiger partial charge in [0.15, 0.2) is 11.9 Å². The zero-order valence-corrected chi connectivity index (χ0v) is 21.8. The molecular formula is C26H26ClF3N7O3+. The number of carbonyl (C=O) groups is 2. The number of nitrogens with one attached hydrogen (secondary N) is 1. The fraction of sp³-hybridized carbons (Fsp3) is 0.269. The van der Waals surface area contributed by atoms with Crippen LogP contribution in [0.5, 0.6) is 0 Å². The van der Waals surface area contributed by atoms with Gasteiger partial charge in [-0.3, -0.25) is 10.1 Å². The van der Waals surface area contributed by atoms with Crippen molar-refractivity contribution < 1.29 is 32.4 Å². The van der Waals surface area contributed by atoms with Crippen LogP contribution in [0.4, 0.5) is 18.0 Å². The first-order valence-corrected chi connectivity index (χ1v) is 12.5. The Morgan fingerprint density at radius 2 is 1.88 bits per heavy atom. The van der Waals surface area contributed by atoms with Gasteiger partial charge in [0.25, 0.3) is 5.91 Å². The summed E-state index contributed by atoms with van der Waals surface area (Å²) in [6.07, 6.45) is -1.76. The minimum absolute atomic E-state index is 0.123. The molecule has 0 saturated carbocycles. The molecule has 0 saturated heterocycles. The predicted molar refractivity (Wildman–Crippen MR) is 140 cm³/mol. The third-order valence-electron chi connectivity index (χ3n) is 6.07. The van der Waals surface area contributed by atoms with Crippen molar-refractivity contribution in [3.8, 4) is 5.69 Å². The number of benzene rings is 2. The van der Waals surface area contributed by atoms with E-state index in [2.05, 4.69) is 15.4 Å². The van der Waals surface area contributed by atoms with Crippen LogP contribution >= 0.6 is 11.6 Å². The predicted octanol–water partition coefficient (Wildman–Crippen LogP) is 2.87. The molecule has 0 bridgehead atoms. The monoisotopic (exact) mass is 576 g/mol. The molecule has 0 unspecified atom stereocenters. The number of aromatic nitrogens is 3. The molecule has 1 aliphatic heterocycles. The van der Waals surface area contributed by atoms with Crippen molar-refractivity contribution in [2.75, 3.05) is 19.6 Å². The van der Waals surface area contributed by atoms with Gasteiger partial charge < -0.3 is 15.7 Å². The zero-order chi connectivity index (χ0) is 28.9. The van der Waals surface area contributed by atoms with E-state index in [1.807, 2.05) is 12.2 Å². The van der Waals surface area contributed by atoms with Gasteiger partial charge in [-0.2, -0.15) is 17.7 Å². The normalized spacial score (nSPS) is 15.0. The van der Waals surface area contributed by atoms with E-state index in [1.165, 1.54) is 35.3 Å². The van der Waals surface area contributed by atoms with Crippen LogP contribution in [0.2, 0.25) is 5.02 Å². The van der Waals surface area contributed by atoms with Crippen LogP contribution in [-0.4, -0.2) is 79.0 Å². The number of urea groups is 1. The van der Waals surface area contributed by atoms with Crippen molar-refractivity contribution in [3.05, 3.63) is 89.0 Å². The maximum atomic E-state index is 13.1. The number of amides is 3. The highest BCUT2D eigenvalue weighted by Crippen LogP contribution is 2.21. The van der Waals surface area contributed by atoms with Gasteiger partial charge in [0.1, 0.15) is 19.4 Å². The number of carbonyl (C=O) groups excluding carboxylic acids is 2. The zero-order valence-electron chi connectivity index (χ0n) is 21.1. The van der Waals surface area contributed by atoms with E-state index in [1.54, 1.807) is 29.2 Å². The van der Waals surface area contributed by atoms with Crippen LogP contribution in [0, 0.1) is 0 Å². The smallest absolute Gasteiger partial charge is 0.381 e. The first-order valence-electron chi connectivity index (χ1n) is 12.2. The Hall–Kier alpha value is -4.23. The third-order valence-corrected chi connectivity index (χ3v) is 6.32. The largest absolute Gasteiger partial charge is 0.436 e. The molecule has 40 heavy (non-hydrogen) atoms. The van der Waals surface area contributed by atoms with Crippen molar-refractivity contribution in [1.82, 2.24) is 25.0 Å². The molecule has 0 fully saturated rings. The minimum Gasteiger partial charge on any atom is -0.381 e. The molecule has 3 aromatic rings. The Labute approximate surface area is 232 Å². The van der Waals surface area contributed by atoms with E-state index in [9.17, 15) is 27.9 Å². The Morgan fingerprint density at radius 3 is 2.55 bits per heavy atom. The van der Waals surface area contributed by atoms with Crippen molar-refractivity contribution in [2.24, 2.45) is 5.73 Å². The molecule has 210 valence electrons. The lowest BCUT2D eigenvalue weighted by Gasteiger charge is -2.24. The number of rotatable bonds is 7. The molecule has 10 nitrogen and oxygen atoms in total. The Morgan fingerprint density at radius 1 is 1.15 bits per heavy atom. The molecule has 14 heteroatoms. The van der Waals surface area contributed by atoms with Crippen molar-refractivity contribution >= 4 is 29.4 Å². The summed E-state index contributed by atoms with van der Waals surface area (Å²) in [6, 6.07) is 11.6. The Kier molecular flexibility index (Phi) is 8.85. The second-order valence-electron chi connectivity index (χ2n) is 8.85. The van der Waals surface area contributed by atoms with E-state index < -0.39 is 24.9 Å². The SMILES string of the molecule is N/C(c1ccc(Cl)cc1)=[N+](/C[C@H](O)C(F)(F)F)C(=O)NCc1ncn(-c2ccccc2C(=O)N2CC=CCC2)n1. The third kappa shape index (κ3) is 6.85. The number of alkyl halides is 3. The summed E-state index contributed by atoms with van der Waals surface area (Å²) in [7, 11) is 0. The number of para-hydroxylation sites is 1. The summed E-state index contributed by atoms with van der Waals surface area (Å²) in [4.78, 5) is 31.9. The Balaban J connectivity index is 1.53. The van der Waals surface area contributed by atoms with Gasteiger partial charge in [0, 0.05) is 23.7 Å². The second-order valence-corrected chi connectivity index (χ2v) is 9.29. The van der Waals surface area contributed by atoms with Gasteiger partial charge >= 0.3 is 12.2 Å². The summed E-state index contributed by atoms with van der Waals surface area (Å²) in [5, 5.41) is 16.7. The van der Waals surface area contributed by atoms with Crippen LogP contribution in [0.3, 0.4) is 0 Å². The lowest BCUT2D eigenvalue weighted by molar-refractivity contribution is -0.455. The number of aliphatic hydroxyl groups excluding tert-OH is 1. The minimum atomic E-state index is -4.98. The van der Waals surface area contributed by atoms with E-state index in [0.717, 1.165) is 6.42 Å². The van der Waals surface area contributed by atoms with Gasteiger partial charge in [-0.15, -0.1) is 5.10 Å². The number of nitrogens with two attached hydrogens (primary N) is 1. The lowest BCUT2D eigenvalue weighted by atomic mass is 10.1. The number of hydrogen-bond donors (Lipinski definition) is 3. The lowest BCUT2D eigenvalue weighted by Crippen LogP contribution is -2.47. The fourth-order valence-corrected chi connectivity index (χ4v) is 4.06. The molecule has 2 heterocycles. The molecule has 3 amide bonds. The summed E-state index contributed by atoms with van der Waals surface area (Å²) in [5.41, 5.74) is 7.13. The van der Waals surface area contributed by atoms with E-state index in [-0.39, 0.29) is 29.7 Å². The number of hydrogen-bond acceptors (Lipinski definition) is 5. The number of amidine groups is 1. The molecule has 1 atom stereocenters. The maximum absolute atomic E-state index is 13.1. The van der Waals surface area contributed by atoms with Crippen molar-refractivity contribution in [3.63, 3.8) is 0 Å². The topological polar surface area (TPSA) is 129 Å². The van der Waals surface area contributed by atoms with Crippen LogP contribution in [0.25, 0.3) is 5.69 Å². The number of aliphatic hydroxyl groups is 1. The maximum Gasteiger partial charge on any atom is 0.436 e. The van der Waals surface area contributed by atoms with Crippen LogP contribution in [0.15, 0.2) is 67.0 Å². The van der Waals surface area contributed by atoms with Gasteiger partial charge in [0.2, 0.25) is 5.84 Å². The highest BCUT2D eigenvalue weighted by atomic mass is 35.5. The first kappa shape index (κ1) is 28.8. The number of halogens is 4. The molecule has 1 aromatic heterocycles. The van der Waals surface area contributed by atoms with E-state index in [0.29, 0.717) is 33.9 Å². The fourth-order valence-electron chi connectivity index (χ4n) is 3.94. The van der Waals surface area contributed by atoms with E-state index in [4.69, 9.17) is 17.3 Å². The molecule has 4 rings (SSSR count). The average molecular weight is 577 g/mol. The quantitative estimate of drug-likeness (QED) is 0.172. The molecule has 0 aliphatic carbocycles. The summed E-state index contributed by atoms with van der Waals surface area (Å²) >= 11 is 5.86. The van der Waals surface area contributed by atoms with Gasteiger partial charge in [-0.25, -0.2) is 14.5 Å². The highest BCUT2D eigenvalue weighted by molar-refractivity contribution is 6.30. The summed E-state index contributed by atoms with van der Waals surface area (Å²) < 4.78 is 41.2. The van der Waals surface area contributed by atoms with Crippen molar-refractivity contribution in [1.29, 1.82) is 0 Å². The summed E-state index contributed by atoms with van der Waals surface area (Å²) in [5.74, 6) is -0.369. The standard InChI is InChI=1S/C26H25ClF3N7O3/c27-18-10-8-17(9-11-18)23(31)36(15-21(38)26(28,29)30)25(40)32-14-22-33-16-37(34-22)20-7-3-2-6-19(20)24(39)35-12-4-1-5-13-35/h1-4,6-11,16,21,31,38H,5,12-15H2,(H,32,40)/p+1/t21-/m0/s1. The molecule has 0 radical (unpaired) electrons. The first-order chi connectivity index (χ1) is 19.0. The van der Waals surface area contributed by atoms with Gasteiger partial charge in [-0.1, -0.05) is 35.9 Å². The van der Waals surface area contributed by atoms with Gasteiger partial charge in [-0.05, 0) is 42.8 Å². The molecule has 0 spiro atoms. The molecule has 2 aromatic carbocycles. The molecule has 4 N–H and O–H groups in total. The summed E-state index contributed by atoms with van der Waals surface area (Å²) in [6.45, 7) is -0.330. The van der Waals surface area contributed by atoms with Crippen LogP contribution in [-0.2, 0) is 6.54 Å². The highest BCUT2D eigenvalue weighted by Gasteiger charge is 2.41. The average Bonchev–Trinajstić information content (AvgIpc) is 3.43. The Bertz CT molecular complexity index is 1440.